The number of nitrogens with zero attached hydrogens (tertiary/aromatic N) is 1. The van der Waals surface area contributed by atoms with Crippen molar-refractivity contribution in [1.29, 1.82) is 0 Å². The van der Waals surface area contributed by atoms with Crippen LogP contribution in [0.3, 0.4) is 0 Å². The Morgan fingerprint density at radius 2 is 2.27 bits per heavy atom. The summed E-state index contributed by atoms with van der Waals surface area (Å²) in [5.41, 5.74) is 6.23. The van der Waals surface area contributed by atoms with Crippen molar-refractivity contribution in [2.45, 2.75) is 6.42 Å². The van der Waals surface area contributed by atoms with Crippen LogP contribution in [0.1, 0.15) is 6.42 Å². The van der Waals surface area contributed by atoms with E-state index in [-0.39, 0.29) is 0 Å². The van der Waals surface area contributed by atoms with Crippen LogP contribution in [0.4, 0.5) is 0 Å². The average Bonchev–Trinajstić information content (AvgIpc) is 2.68. The second kappa shape index (κ2) is 1.69. The number of rotatable bonds is 0. The van der Waals surface area contributed by atoms with Crippen LogP contribution in [0.15, 0.2) is 23.4 Å². The van der Waals surface area contributed by atoms with Gasteiger partial charge < -0.3 is 5.01 Å². The molecule has 3 aliphatic rings. The van der Waals surface area contributed by atoms with Crippen LogP contribution in [-0.2, 0) is 0 Å². The van der Waals surface area contributed by atoms with Gasteiger partial charge in [0.05, 0.1) is 5.70 Å². The topological polar surface area (TPSA) is 15.3 Å². The summed E-state index contributed by atoms with van der Waals surface area (Å²) in [5, 5.41) is 2.14. The zero-order chi connectivity index (χ0) is 7.42. The lowest BCUT2D eigenvalue weighted by atomic mass is 10.1. The summed E-state index contributed by atoms with van der Waals surface area (Å²) < 4.78 is 0. The average molecular weight is 148 g/mol. The minimum atomic E-state index is 0.871. The SMILES string of the molecule is CN1NCC2=CC3CC3C=C21. The molecule has 11 heavy (non-hydrogen) atoms. The second-order valence-electron chi connectivity index (χ2n) is 3.70. The summed E-state index contributed by atoms with van der Waals surface area (Å²) in [4.78, 5) is 0. The molecule has 0 spiro atoms. The molecule has 1 N–H and O–H groups in total. The Kier molecular flexibility index (Phi) is 0.899. The van der Waals surface area contributed by atoms with E-state index in [4.69, 9.17) is 0 Å². The first-order chi connectivity index (χ1) is 5.34. The highest BCUT2D eigenvalue weighted by Gasteiger charge is 2.39. The van der Waals surface area contributed by atoms with Crippen LogP contribution >= 0.6 is 0 Å². The highest BCUT2D eigenvalue weighted by atomic mass is 15.5. The smallest absolute Gasteiger partial charge is 0.0522 e. The number of fused-ring (bicyclic) bond motifs is 2. The van der Waals surface area contributed by atoms with Crippen LogP contribution in [0.25, 0.3) is 0 Å². The van der Waals surface area contributed by atoms with Gasteiger partial charge in [-0.15, -0.1) is 0 Å². The molecule has 1 aliphatic heterocycles. The number of likely N-dealkylation sites (N-methyl/N-ethyl adjacent to an activating group) is 1. The summed E-state index contributed by atoms with van der Waals surface area (Å²) in [7, 11) is 2.09. The fraction of sp³-hybridized carbons (Fsp3) is 0.556. The van der Waals surface area contributed by atoms with E-state index in [0.29, 0.717) is 0 Å². The molecule has 1 heterocycles. The Morgan fingerprint density at radius 1 is 1.45 bits per heavy atom. The predicted octanol–water partition coefficient (Wildman–Crippen LogP) is 0.896. The summed E-state index contributed by atoms with van der Waals surface area (Å²) in [6.45, 7) is 1.03. The molecule has 2 nitrogen and oxygen atoms in total. The molecule has 2 unspecified atom stereocenters. The van der Waals surface area contributed by atoms with Gasteiger partial charge in [-0.05, 0) is 23.8 Å². The van der Waals surface area contributed by atoms with Gasteiger partial charge in [0.15, 0.2) is 0 Å². The molecule has 2 aliphatic carbocycles. The number of nitrogens with one attached hydrogen (secondary N) is 1. The third-order valence-electron chi connectivity index (χ3n) is 2.88. The molecule has 58 valence electrons. The van der Waals surface area contributed by atoms with Gasteiger partial charge in [-0.25, -0.2) is 5.43 Å². The van der Waals surface area contributed by atoms with Gasteiger partial charge in [-0.3, -0.25) is 0 Å². The van der Waals surface area contributed by atoms with Crippen LogP contribution in [-0.4, -0.2) is 18.6 Å². The summed E-state index contributed by atoms with van der Waals surface area (Å²) in [6, 6.07) is 0. The predicted molar refractivity (Wildman–Crippen MR) is 43.5 cm³/mol. The highest BCUT2D eigenvalue weighted by Crippen LogP contribution is 2.47. The number of hydrazine groups is 1. The normalized spacial score (nSPS) is 39.2. The molecule has 0 radical (unpaired) electrons. The first kappa shape index (κ1) is 5.84. The minimum Gasteiger partial charge on any atom is -0.311 e. The largest absolute Gasteiger partial charge is 0.311 e. The lowest BCUT2D eigenvalue weighted by Gasteiger charge is -2.14. The van der Waals surface area contributed by atoms with E-state index in [0.717, 1.165) is 18.4 Å². The Hall–Kier alpha value is -0.760. The fourth-order valence-electron chi connectivity index (χ4n) is 2.04. The molecule has 2 heteroatoms. The summed E-state index contributed by atoms with van der Waals surface area (Å²) in [5.74, 6) is 1.76. The maximum Gasteiger partial charge on any atom is 0.0522 e. The van der Waals surface area contributed by atoms with Crippen molar-refractivity contribution in [3.63, 3.8) is 0 Å². The Balaban J connectivity index is 2.04. The number of hydrogen-bond donors (Lipinski definition) is 1. The number of allylic oxidation sites excluding steroid dienone is 2. The maximum atomic E-state index is 3.30. The first-order valence-corrected chi connectivity index (χ1v) is 4.25. The van der Waals surface area contributed by atoms with Crippen molar-refractivity contribution in [3.8, 4) is 0 Å². The second-order valence-corrected chi connectivity index (χ2v) is 3.70. The molecule has 2 atom stereocenters. The molecule has 0 bridgehead atoms. The third kappa shape index (κ3) is 0.703. The summed E-state index contributed by atoms with van der Waals surface area (Å²) >= 11 is 0. The van der Waals surface area contributed by atoms with E-state index in [9.17, 15) is 0 Å². The van der Waals surface area contributed by atoms with Crippen LogP contribution in [0.2, 0.25) is 0 Å². The molecule has 1 saturated carbocycles. The van der Waals surface area contributed by atoms with Crippen LogP contribution < -0.4 is 5.43 Å². The van der Waals surface area contributed by atoms with Crippen LogP contribution in [0.5, 0.6) is 0 Å². The van der Waals surface area contributed by atoms with Crippen molar-refractivity contribution in [2.75, 3.05) is 13.6 Å². The van der Waals surface area contributed by atoms with Crippen molar-refractivity contribution < 1.29 is 0 Å². The molecule has 1 saturated heterocycles. The van der Waals surface area contributed by atoms with Crippen molar-refractivity contribution in [2.24, 2.45) is 11.8 Å². The zero-order valence-electron chi connectivity index (χ0n) is 6.67. The molecular formula is C9H12N2. The summed E-state index contributed by atoms with van der Waals surface area (Å²) in [6.07, 6.45) is 6.25. The van der Waals surface area contributed by atoms with Gasteiger partial charge in [-0.1, -0.05) is 12.2 Å². The minimum absolute atomic E-state index is 0.871. The molecule has 0 amide bonds. The zero-order valence-corrected chi connectivity index (χ0v) is 6.67. The van der Waals surface area contributed by atoms with Gasteiger partial charge >= 0.3 is 0 Å². The van der Waals surface area contributed by atoms with Crippen molar-refractivity contribution >= 4 is 0 Å². The van der Waals surface area contributed by atoms with Gasteiger partial charge in [0.2, 0.25) is 0 Å². The lowest BCUT2D eigenvalue weighted by molar-refractivity contribution is 0.363. The Labute approximate surface area is 66.5 Å². The van der Waals surface area contributed by atoms with E-state index in [2.05, 4.69) is 29.6 Å². The van der Waals surface area contributed by atoms with Gasteiger partial charge in [0.25, 0.3) is 0 Å². The lowest BCUT2D eigenvalue weighted by Crippen LogP contribution is -2.24. The molecular weight excluding hydrogens is 136 g/mol. The molecule has 0 aromatic heterocycles. The number of hydrogen-bond acceptors (Lipinski definition) is 2. The van der Waals surface area contributed by atoms with E-state index < -0.39 is 0 Å². The molecule has 0 aromatic rings. The Morgan fingerprint density at radius 3 is 3.18 bits per heavy atom. The highest BCUT2D eigenvalue weighted by molar-refractivity contribution is 5.41. The van der Waals surface area contributed by atoms with E-state index in [1.54, 1.807) is 0 Å². The van der Waals surface area contributed by atoms with E-state index >= 15 is 0 Å². The van der Waals surface area contributed by atoms with Crippen molar-refractivity contribution in [1.82, 2.24) is 10.4 Å². The maximum absolute atomic E-state index is 3.30. The van der Waals surface area contributed by atoms with Gasteiger partial charge in [0.1, 0.15) is 0 Å². The van der Waals surface area contributed by atoms with Crippen LogP contribution in [0, 0.1) is 11.8 Å². The van der Waals surface area contributed by atoms with E-state index in [1.807, 2.05) is 0 Å². The van der Waals surface area contributed by atoms with E-state index in [1.165, 1.54) is 17.7 Å². The van der Waals surface area contributed by atoms with Crippen molar-refractivity contribution in [3.05, 3.63) is 23.4 Å². The third-order valence-corrected chi connectivity index (χ3v) is 2.88. The Bertz CT molecular complexity index is 265. The van der Waals surface area contributed by atoms with Gasteiger partial charge in [0, 0.05) is 13.6 Å². The first-order valence-electron chi connectivity index (χ1n) is 4.25. The quantitative estimate of drug-likeness (QED) is 0.549. The molecule has 3 rings (SSSR count). The fourth-order valence-corrected chi connectivity index (χ4v) is 2.04. The molecule has 0 aromatic carbocycles. The molecule has 2 fully saturated rings. The standard InChI is InChI=1S/C9H12N2/c1-11-9-4-7-2-6(7)3-8(9)5-10-11/h3-4,6-7,10H,2,5H2,1H3. The monoisotopic (exact) mass is 148 g/mol. The van der Waals surface area contributed by atoms with Gasteiger partial charge in [-0.2, -0.15) is 0 Å².